The minimum absolute atomic E-state index is 0.417. The molecule has 1 aromatic heterocycles. The van der Waals surface area contributed by atoms with E-state index in [0.717, 1.165) is 31.6 Å². The molecule has 0 amide bonds. The molecule has 1 fully saturated rings. The Labute approximate surface area is 96.4 Å². The van der Waals surface area contributed by atoms with Gasteiger partial charge in [-0.3, -0.25) is 0 Å². The molecule has 1 aliphatic rings. The fraction of sp³-hybridized carbons (Fsp3) is 0.667. The van der Waals surface area contributed by atoms with Crippen LogP contribution in [0.1, 0.15) is 32.6 Å². The summed E-state index contributed by atoms with van der Waals surface area (Å²) >= 11 is 0. The molecule has 4 nitrogen and oxygen atoms in total. The molecular formula is C12H19N3O. The van der Waals surface area contributed by atoms with Crippen LogP contribution in [0.15, 0.2) is 18.7 Å². The van der Waals surface area contributed by atoms with Gasteiger partial charge >= 0.3 is 0 Å². The quantitative estimate of drug-likeness (QED) is 0.847. The maximum absolute atomic E-state index is 5.72. The molecule has 0 aromatic carbocycles. The summed E-state index contributed by atoms with van der Waals surface area (Å²) in [5.74, 6) is 0. The van der Waals surface area contributed by atoms with E-state index in [1.807, 2.05) is 12.4 Å². The normalized spacial score (nSPS) is 25.3. The zero-order valence-electron chi connectivity index (χ0n) is 9.72. The first-order valence-electron chi connectivity index (χ1n) is 6.01. The van der Waals surface area contributed by atoms with E-state index in [1.165, 1.54) is 6.42 Å². The zero-order chi connectivity index (χ0) is 11.2. The number of nitrogens with zero attached hydrogens (tertiary/aromatic N) is 2. The van der Waals surface area contributed by atoms with Gasteiger partial charge in [-0.1, -0.05) is 13.3 Å². The van der Waals surface area contributed by atoms with Crippen LogP contribution in [0, 0.1) is 0 Å². The van der Waals surface area contributed by atoms with Crippen molar-refractivity contribution in [2.75, 3.05) is 11.9 Å². The third-order valence-corrected chi connectivity index (χ3v) is 2.91. The Morgan fingerprint density at radius 1 is 1.44 bits per heavy atom. The summed E-state index contributed by atoms with van der Waals surface area (Å²) in [6.07, 6.45) is 10.1. The Morgan fingerprint density at radius 2 is 2.25 bits per heavy atom. The molecule has 4 heteroatoms. The number of anilines is 1. The fourth-order valence-corrected chi connectivity index (χ4v) is 2.14. The molecule has 1 N–H and O–H groups in total. The van der Waals surface area contributed by atoms with Gasteiger partial charge in [0.15, 0.2) is 0 Å². The van der Waals surface area contributed by atoms with Gasteiger partial charge in [-0.15, -0.1) is 0 Å². The van der Waals surface area contributed by atoms with Crippen LogP contribution in [-0.2, 0) is 4.74 Å². The maximum Gasteiger partial charge on any atom is 0.115 e. The molecule has 1 aliphatic heterocycles. The number of aromatic nitrogens is 2. The van der Waals surface area contributed by atoms with Crippen LogP contribution in [0.25, 0.3) is 0 Å². The standard InChI is InChI=1S/C12H19N3O/c1-2-3-12-6-10(4-5-16-12)15-11-7-13-9-14-8-11/h7-10,12,15H,2-6H2,1H3. The van der Waals surface area contributed by atoms with Gasteiger partial charge in [0.25, 0.3) is 0 Å². The van der Waals surface area contributed by atoms with Gasteiger partial charge in [0.2, 0.25) is 0 Å². The molecular weight excluding hydrogens is 202 g/mol. The van der Waals surface area contributed by atoms with Crippen molar-refractivity contribution < 1.29 is 4.74 Å². The number of ether oxygens (including phenoxy) is 1. The fourth-order valence-electron chi connectivity index (χ4n) is 2.14. The van der Waals surface area contributed by atoms with Gasteiger partial charge in [-0.05, 0) is 19.3 Å². The molecule has 2 atom stereocenters. The first-order chi connectivity index (χ1) is 7.88. The Hall–Kier alpha value is -1.16. The zero-order valence-corrected chi connectivity index (χ0v) is 9.72. The van der Waals surface area contributed by atoms with E-state index in [2.05, 4.69) is 22.2 Å². The third-order valence-electron chi connectivity index (χ3n) is 2.91. The van der Waals surface area contributed by atoms with E-state index in [0.29, 0.717) is 12.1 Å². The van der Waals surface area contributed by atoms with E-state index in [4.69, 9.17) is 4.74 Å². The van der Waals surface area contributed by atoms with Gasteiger partial charge < -0.3 is 10.1 Å². The number of hydrogen-bond acceptors (Lipinski definition) is 4. The van der Waals surface area contributed by atoms with E-state index in [1.54, 1.807) is 6.33 Å². The van der Waals surface area contributed by atoms with Crippen molar-refractivity contribution in [1.29, 1.82) is 0 Å². The van der Waals surface area contributed by atoms with Crippen molar-refractivity contribution >= 4 is 5.69 Å². The van der Waals surface area contributed by atoms with Gasteiger partial charge in [0, 0.05) is 12.6 Å². The van der Waals surface area contributed by atoms with Gasteiger partial charge in [-0.25, -0.2) is 9.97 Å². The van der Waals surface area contributed by atoms with Crippen molar-refractivity contribution in [3.8, 4) is 0 Å². The van der Waals surface area contributed by atoms with Crippen molar-refractivity contribution in [2.45, 2.75) is 44.8 Å². The minimum atomic E-state index is 0.417. The van der Waals surface area contributed by atoms with Crippen molar-refractivity contribution in [1.82, 2.24) is 9.97 Å². The molecule has 0 spiro atoms. The topological polar surface area (TPSA) is 47.0 Å². The summed E-state index contributed by atoms with van der Waals surface area (Å²) in [5, 5.41) is 3.46. The predicted octanol–water partition coefficient (Wildman–Crippen LogP) is 2.24. The van der Waals surface area contributed by atoms with Gasteiger partial charge in [0.1, 0.15) is 6.33 Å². The third kappa shape index (κ3) is 3.17. The largest absolute Gasteiger partial charge is 0.380 e. The minimum Gasteiger partial charge on any atom is -0.380 e. The second kappa shape index (κ2) is 5.80. The molecule has 88 valence electrons. The second-order valence-corrected chi connectivity index (χ2v) is 4.27. The lowest BCUT2D eigenvalue weighted by atomic mass is 10.00. The molecule has 1 saturated heterocycles. The molecule has 16 heavy (non-hydrogen) atoms. The first kappa shape index (κ1) is 11.3. The lowest BCUT2D eigenvalue weighted by Gasteiger charge is -2.30. The summed E-state index contributed by atoms with van der Waals surface area (Å²) in [4.78, 5) is 8.00. The number of nitrogens with one attached hydrogen (secondary N) is 1. The van der Waals surface area contributed by atoms with Crippen LogP contribution in [0.3, 0.4) is 0 Å². The lowest BCUT2D eigenvalue weighted by molar-refractivity contribution is 0.00597. The molecule has 0 bridgehead atoms. The van der Waals surface area contributed by atoms with Crippen molar-refractivity contribution in [3.63, 3.8) is 0 Å². The van der Waals surface area contributed by atoms with Crippen LogP contribution in [0.5, 0.6) is 0 Å². The Morgan fingerprint density at radius 3 is 3.00 bits per heavy atom. The van der Waals surface area contributed by atoms with Crippen LogP contribution >= 0.6 is 0 Å². The van der Waals surface area contributed by atoms with Crippen LogP contribution in [0.4, 0.5) is 5.69 Å². The molecule has 2 rings (SSSR count). The highest BCUT2D eigenvalue weighted by atomic mass is 16.5. The first-order valence-corrected chi connectivity index (χ1v) is 6.01. The summed E-state index contributed by atoms with van der Waals surface area (Å²) in [7, 11) is 0. The van der Waals surface area contributed by atoms with Crippen LogP contribution < -0.4 is 5.32 Å². The second-order valence-electron chi connectivity index (χ2n) is 4.27. The summed E-state index contributed by atoms with van der Waals surface area (Å²) in [5.41, 5.74) is 1.00. The number of hydrogen-bond donors (Lipinski definition) is 1. The van der Waals surface area contributed by atoms with E-state index in [-0.39, 0.29) is 0 Å². The van der Waals surface area contributed by atoms with E-state index < -0.39 is 0 Å². The average Bonchev–Trinajstić information content (AvgIpc) is 2.31. The highest BCUT2D eigenvalue weighted by Crippen LogP contribution is 2.20. The SMILES string of the molecule is CCCC1CC(Nc2cncnc2)CCO1. The Balaban J connectivity index is 1.85. The number of rotatable bonds is 4. The lowest BCUT2D eigenvalue weighted by Crippen LogP contribution is -2.34. The van der Waals surface area contributed by atoms with Crippen LogP contribution in [0.2, 0.25) is 0 Å². The monoisotopic (exact) mass is 221 g/mol. The Bertz CT molecular complexity index is 302. The van der Waals surface area contributed by atoms with Crippen LogP contribution in [-0.4, -0.2) is 28.7 Å². The molecule has 0 radical (unpaired) electrons. The smallest absolute Gasteiger partial charge is 0.115 e. The molecule has 1 aromatic rings. The Kier molecular flexibility index (Phi) is 4.10. The summed E-state index contributed by atoms with van der Waals surface area (Å²) < 4.78 is 5.72. The summed E-state index contributed by atoms with van der Waals surface area (Å²) in [6, 6.07) is 0.497. The maximum atomic E-state index is 5.72. The highest BCUT2D eigenvalue weighted by Gasteiger charge is 2.21. The van der Waals surface area contributed by atoms with Gasteiger partial charge in [0.05, 0.1) is 24.2 Å². The average molecular weight is 221 g/mol. The van der Waals surface area contributed by atoms with E-state index in [9.17, 15) is 0 Å². The molecule has 0 saturated carbocycles. The van der Waals surface area contributed by atoms with Crippen molar-refractivity contribution in [3.05, 3.63) is 18.7 Å². The molecule has 2 unspecified atom stereocenters. The highest BCUT2D eigenvalue weighted by molar-refractivity contribution is 5.38. The van der Waals surface area contributed by atoms with E-state index >= 15 is 0 Å². The molecule has 0 aliphatic carbocycles. The predicted molar refractivity (Wildman–Crippen MR) is 63.3 cm³/mol. The van der Waals surface area contributed by atoms with Gasteiger partial charge in [-0.2, -0.15) is 0 Å². The summed E-state index contributed by atoms with van der Waals surface area (Å²) in [6.45, 7) is 3.06. The molecule has 2 heterocycles. The van der Waals surface area contributed by atoms with Crippen molar-refractivity contribution in [2.24, 2.45) is 0 Å².